The molecule has 1 heteroatoms. The molecule has 0 nitrogen and oxygen atoms in total. The third kappa shape index (κ3) is 1.25. The molecule has 0 amide bonds. The minimum Gasteiger partial charge on any atom is -0.0836 e. The Morgan fingerprint density at radius 2 is 2.18 bits per heavy atom. The maximum atomic E-state index is 3.53. The number of fused-ring (bicyclic) bond motifs is 1. The van der Waals surface area contributed by atoms with Crippen molar-refractivity contribution in [2.75, 3.05) is 0 Å². The summed E-state index contributed by atoms with van der Waals surface area (Å²) in [6.45, 7) is 0. The Balaban J connectivity index is 2.60. The molecule has 0 N–H and O–H groups in total. The summed E-state index contributed by atoms with van der Waals surface area (Å²) in [5.41, 5.74) is 2.82. The molecule has 1 aliphatic carbocycles. The Kier molecular flexibility index (Phi) is 1.82. The topological polar surface area (TPSA) is 0 Å². The predicted molar refractivity (Wildman–Crippen MR) is 51.5 cm³/mol. The van der Waals surface area contributed by atoms with Gasteiger partial charge in [0.25, 0.3) is 0 Å². The summed E-state index contributed by atoms with van der Waals surface area (Å²) in [4.78, 5) is 0. The quantitative estimate of drug-likeness (QED) is 0.614. The van der Waals surface area contributed by atoms with Gasteiger partial charge in [0.05, 0.1) is 0 Å². The first kappa shape index (κ1) is 7.11. The molecule has 0 aliphatic heterocycles. The first-order valence-corrected chi connectivity index (χ1v) is 4.61. The summed E-state index contributed by atoms with van der Waals surface area (Å²) in [6.07, 6.45) is 6.80. The molecule has 0 unspecified atom stereocenters. The van der Waals surface area contributed by atoms with Gasteiger partial charge in [0, 0.05) is 4.47 Å². The minimum absolute atomic E-state index is 1.18. The van der Waals surface area contributed by atoms with Crippen LogP contribution in [0.3, 0.4) is 0 Å². The van der Waals surface area contributed by atoms with E-state index in [0.717, 1.165) is 0 Å². The molecule has 1 aromatic carbocycles. The van der Waals surface area contributed by atoms with Crippen LogP contribution < -0.4 is 0 Å². The van der Waals surface area contributed by atoms with Crippen LogP contribution in [0.5, 0.6) is 0 Å². The van der Waals surface area contributed by atoms with Gasteiger partial charge in [-0.2, -0.15) is 0 Å². The number of benzene rings is 1. The van der Waals surface area contributed by atoms with Gasteiger partial charge in [-0.05, 0) is 30.0 Å². The van der Waals surface area contributed by atoms with Gasteiger partial charge < -0.3 is 0 Å². The zero-order valence-corrected chi connectivity index (χ0v) is 7.76. The van der Waals surface area contributed by atoms with Crippen molar-refractivity contribution in [1.29, 1.82) is 0 Å². The molecule has 1 aliphatic rings. The van der Waals surface area contributed by atoms with E-state index in [1.54, 1.807) is 0 Å². The van der Waals surface area contributed by atoms with Crippen molar-refractivity contribution in [2.45, 2.75) is 12.8 Å². The molecular formula is C10H9Br. The van der Waals surface area contributed by atoms with E-state index in [4.69, 9.17) is 0 Å². The van der Waals surface area contributed by atoms with E-state index in [1.165, 1.54) is 28.4 Å². The molecule has 0 radical (unpaired) electrons. The summed E-state index contributed by atoms with van der Waals surface area (Å²) < 4.78 is 1.21. The number of allylic oxidation sites excluding steroid dienone is 1. The average molecular weight is 209 g/mol. The van der Waals surface area contributed by atoms with Crippen LogP contribution in [0.4, 0.5) is 0 Å². The highest BCUT2D eigenvalue weighted by molar-refractivity contribution is 9.10. The van der Waals surface area contributed by atoms with Gasteiger partial charge >= 0.3 is 0 Å². The molecule has 0 spiro atoms. The molecule has 11 heavy (non-hydrogen) atoms. The summed E-state index contributed by atoms with van der Waals surface area (Å²) in [5, 5.41) is 0. The third-order valence-electron chi connectivity index (χ3n) is 2.01. The van der Waals surface area contributed by atoms with E-state index >= 15 is 0 Å². The second-order valence-corrected chi connectivity index (χ2v) is 3.61. The van der Waals surface area contributed by atoms with Crippen molar-refractivity contribution < 1.29 is 0 Å². The van der Waals surface area contributed by atoms with Crippen LogP contribution in [0.15, 0.2) is 28.7 Å². The number of hydrogen-bond donors (Lipinski definition) is 0. The van der Waals surface area contributed by atoms with Crippen LogP contribution in [-0.2, 0) is 6.42 Å². The van der Waals surface area contributed by atoms with Gasteiger partial charge in [0.1, 0.15) is 0 Å². The number of rotatable bonds is 0. The van der Waals surface area contributed by atoms with E-state index in [-0.39, 0.29) is 0 Å². The standard InChI is InChI=1S/C10H9Br/c11-10-7-3-5-8-4-1-2-6-9(8)10/h2-3,5-7H,1,4H2. The second-order valence-electron chi connectivity index (χ2n) is 2.75. The predicted octanol–water partition coefficient (Wildman–Crippen LogP) is 3.41. The molecule has 1 aromatic rings. The van der Waals surface area contributed by atoms with Crippen LogP contribution in [0.25, 0.3) is 6.08 Å². The highest BCUT2D eigenvalue weighted by atomic mass is 79.9. The molecule has 0 aromatic heterocycles. The Hall–Kier alpha value is -0.560. The molecule has 0 bridgehead atoms. The molecule has 56 valence electrons. The Morgan fingerprint density at radius 1 is 1.27 bits per heavy atom. The Morgan fingerprint density at radius 3 is 3.00 bits per heavy atom. The summed E-state index contributed by atoms with van der Waals surface area (Å²) >= 11 is 3.53. The fraction of sp³-hybridized carbons (Fsp3) is 0.200. The largest absolute Gasteiger partial charge is 0.0836 e. The first-order valence-electron chi connectivity index (χ1n) is 3.82. The van der Waals surface area contributed by atoms with Gasteiger partial charge in [-0.15, -0.1) is 0 Å². The van der Waals surface area contributed by atoms with E-state index in [2.05, 4.69) is 46.3 Å². The van der Waals surface area contributed by atoms with Gasteiger partial charge in [-0.3, -0.25) is 0 Å². The van der Waals surface area contributed by atoms with Gasteiger partial charge in [-0.25, -0.2) is 0 Å². The van der Waals surface area contributed by atoms with Crippen molar-refractivity contribution in [3.63, 3.8) is 0 Å². The minimum atomic E-state index is 1.18. The Labute approximate surface area is 75.1 Å². The average Bonchev–Trinajstić information content (AvgIpc) is 2.06. The first-order chi connectivity index (χ1) is 5.38. The van der Waals surface area contributed by atoms with E-state index in [0.29, 0.717) is 0 Å². The van der Waals surface area contributed by atoms with Gasteiger partial charge in [-0.1, -0.05) is 40.2 Å². The van der Waals surface area contributed by atoms with Crippen LogP contribution in [0, 0.1) is 0 Å². The third-order valence-corrected chi connectivity index (χ3v) is 2.70. The van der Waals surface area contributed by atoms with Gasteiger partial charge in [0.15, 0.2) is 0 Å². The molecule has 0 saturated heterocycles. The molecule has 0 atom stereocenters. The van der Waals surface area contributed by atoms with Crippen LogP contribution in [0.2, 0.25) is 0 Å². The SMILES string of the molecule is Brc1cccc2c1C=CCC2. The van der Waals surface area contributed by atoms with Crippen LogP contribution in [-0.4, -0.2) is 0 Å². The van der Waals surface area contributed by atoms with Crippen molar-refractivity contribution in [3.05, 3.63) is 39.9 Å². The zero-order chi connectivity index (χ0) is 7.68. The van der Waals surface area contributed by atoms with Crippen molar-refractivity contribution in [1.82, 2.24) is 0 Å². The molecule has 0 saturated carbocycles. The fourth-order valence-electron chi connectivity index (χ4n) is 1.43. The lowest BCUT2D eigenvalue weighted by molar-refractivity contribution is 0.983. The molecule has 0 heterocycles. The second kappa shape index (κ2) is 2.82. The number of hydrogen-bond acceptors (Lipinski definition) is 0. The normalized spacial score (nSPS) is 14.6. The van der Waals surface area contributed by atoms with Crippen molar-refractivity contribution >= 4 is 22.0 Å². The molecular weight excluding hydrogens is 200 g/mol. The van der Waals surface area contributed by atoms with E-state index < -0.39 is 0 Å². The summed E-state index contributed by atoms with van der Waals surface area (Å²) in [7, 11) is 0. The van der Waals surface area contributed by atoms with E-state index in [9.17, 15) is 0 Å². The summed E-state index contributed by atoms with van der Waals surface area (Å²) in [5.74, 6) is 0. The maximum absolute atomic E-state index is 3.53. The number of aryl methyl sites for hydroxylation is 1. The molecule has 2 rings (SSSR count). The monoisotopic (exact) mass is 208 g/mol. The highest BCUT2D eigenvalue weighted by Gasteiger charge is 2.05. The van der Waals surface area contributed by atoms with Crippen LogP contribution in [0.1, 0.15) is 17.5 Å². The van der Waals surface area contributed by atoms with Gasteiger partial charge in [0.2, 0.25) is 0 Å². The Bertz CT molecular complexity index is 300. The van der Waals surface area contributed by atoms with Crippen LogP contribution >= 0.6 is 15.9 Å². The van der Waals surface area contributed by atoms with Crippen molar-refractivity contribution in [2.24, 2.45) is 0 Å². The zero-order valence-electron chi connectivity index (χ0n) is 6.18. The smallest absolute Gasteiger partial charge is 0.0250 e. The number of halogens is 1. The lowest BCUT2D eigenvalue weighted by Crippen LogP contribution is -1.93. The lowest BCUT2D eigenvalue weighted by Gasteiger charge is -2.10. The lowest BCUT2D eigenvalue weighted by atomic mass is 9.98. The highest BCUT2D eigenvalue weighted by Crippen LogP contribution is 2.26. The fourth-order valence-corrected chi connectivity index (χ4v) is 1.97. The summed E-state index contributed by atoms with van der Waals surface area (Å²) in [6, 6.07) is 6.39. The molecule has 0 fully saturated rings. The van der Waals surface area contributed by atoms with Crippen molar-refractivity contribution in [3.8, 4) is 0 Å². The maximum Gasteiger partial charge on any atom is 0.0250 e. The van der Waals surface area contributed by atoms with E-state index in [1.807, 2.05) is 0 Å².